The summed E-state index contributed by atoms with van der Waals surface area (Å²) in [6, 6.07) is 7.11. The Morgan fingerprint density at radius 2 is 2.36 bits per heavy atom. The van der Waals surface area contributed by atoms with Crippen LogP contribution in [0, 0.1) is 5.92 Å². The van der Waals surface area contributed by atoms with Gasteiger partial charge in [-0.3, -0.25) is 4.79 Å². The van der Waals surface area contributed by atoms with E-state index in [1.807, 2.05) is 12.1 Å². The second kappa shape index (κ2) is 2.19. The van der Waals surface area contributed by atoms with Crippen molar-refractivity contribution < 1.29 is 8.91 Å². The molecule has 1 nitrogen and oxygen atoms in total. The van der Waals surface area contributed by atoms with E-state index in [9.17, 15) is 4.79 Å². The first-order valence-electron chi connectivity index (χ1n) is 5.12. The minimum atomic E-state index is -2.17. The van der Waals surface area contributed by atoms with Crippen molar-refractivity contribution >= 4 is 5.78 Å². The molecule has 0 radical (unpaired) electrons. The van der Waals surface area contributed by atoms with Crippen molar-refractivity contribution in [3.8, 4) is 0 Å². The fraction of sp³-hybridized carbons (Fsp3) is 0.300. The summed E-state index contributed by atoms with van der Waals surface area (Å²) in [4.78, 5) is 11.7. The minimum absolute atomic E-state index is 0.236. The van der Waals surface area contributed by atoms with Crippen LogP contribution in [0.3, 0.4) is 0 Å². The SMILES string of the molecule is [2H][13C]([2H])([2H])C1Cc2ccccc2C1=O. The van der Waals surface area contributed by atoms with Gasteiger partial charge in [-0.25, -0.2) is 0 Å². The molecule has 0 N–H and O–H groups in total. The summed E-state index contributed by atoms with van der Waals surface area (Å²) in [5.74, 6) is -1.07. The van der Waals surface area contributed by atoms with E-state index in [4.69, 9.17) is 4.11 Å². The quantitative estimate of drug-likeness (QED) is 0.517. The number of rotatable bonds is 0. The molecule has 1 aliphatic rings. The highest BCUT2D eigenvalue weighted by atomic mass is 16.1. The molecule has 1 aromatic carbocycles. The van der Waals surface area contributed by atoms with E-state index in [1.54, 1.807) is 12.1 Å². The predicted octanol–water partition coefficient (Wildman–Crippen LogP) is 2.06. The van der Waals surface area contributed by atoms with E-state index in [-0.39, 0.29) is 5.78 Å². The molecule has 0 saturated carbocycles. The maximum atomic E-state index is 11.7. The molecule has 1 heteroatoms. The Kier molecular flexibility index (Phi) is 0.807. The lowest BCUT2D eigenvalue weighted by atomic mass is 10.1. The number of benzene rings is 1. The lowest BCUT2D eigenvalue weighted by Crippen LogP contribution is -2.02. The Labute approximate surface area is 70.3 Å². The number of ketones is 1. The number of carbonyl (C=O) groups excluding carboxylic acids is 1. The number of carbonyl (C=O) groups is 1. The van der Waals surface area contributed by atoms with Gasteiger partial charge in [0.1, 0.15) is 0 Å². The highest BCUT2D eigenvalue weighted by Gasteiger charge is 2.25. The average Bonchev–Trinajstić information content (AvgIpc) is 2.44. The van der Waals surface area contributed by atoms with E-state index in [2.05, 4.69) is 0 Å². The van der Waals surface area contributed by atoms with Crippen LogP contribution in [0.1, 0.15) is 26.9 Å². The van der Waals surface area contributed by atoms with Gasteiger partial charge in [0.25, 0.3) is 0 Å². The van der Waals surface area contributed by atoms with Crippen molar-refractivity contribution in [1.82, 2.24) is 0 Å². The average molecular weight is 150 g/mol. The summed E-state index contributed by atoms with van der Waals surface area (Å²) in [6.07, 6.45) is 0.353. The van der Waals surface area contributed by atoms with E-state index < -0.39 is 12.8 Å². The summed E-state index contributed by atoms with van der Waals surface area (Å²) in [7, 11) is 0. The lowest BCUT2D eigenvalue weighted by molar-refractivity contribution is 0.0946. The largest absolute Gasteiger partial charge is 0.294 e. The summed E-state index contributed by atoms with van der Waals surface area (Å²) >= 11 is 0. The van der Waals surface area contributed by atoms with E-state index in [0.29, 0.717) is 12.0 Å². The topological polar surface area (TPSA) is 17.1 Å². The fourth-order valence-corrected chi connectivity index (χ4v) is 1.44. The molecule has 0 fully saturated rings. The van der Waals surface area contributed by atoms with Crippen molar-refractivity contribution in [3.63, 3.8) is 0 Å². The summed E-state index contributed by atoms with van der Waals surface area (Å²) in [5, 5.41) is 0. The van der Waals surface area contributed by atoms with Gasteiger partial charge < -0.3 is 0 Å². The van der Waals surface area contributed by atoms with E-state index in [1.165, 1.54) is 0 Å². The standard InChI is InChI=1S/C10H10O/c1-7-6-8-4-2-3-5-9(8)10(7)11/h2-5,7H,6H2,1H3/i1+1D3. The second-order valence-corrected chi connectivity index (χ2v) is 2.78. The zero-order valence-corrected chi connectivity index (χ0v) is 6.00. The van der Waals surface area contributed by atoms with Crippen LogP contribution in [-0.2, 0) is 6.42 Å². The Hall–Kier alpha value is -1.11. The molecular formula is C10H10O. The first-order valence-corrected chi connectivity index (χ1v) is 3.62. The van der Waals surface area contributed by atoms with Gasteiger partial charge in [-0.2, -0.15) is 0 Å². The molecule has 0 saturated heterocycles. The van der Waals surface area contributed by atoms with Gasteiger partial charge in [-0.15, -0.1) is 0 Å². The maximum Gasteiger partial charge on any atom is 0.166 e. The zero-order chi connectivity index (χ0) is 10.3. The molecule has 0 spiro atoms. The third kappa shape index (κ3) is 0.881. The number of fused-ring (bicyclic) bond motifs is 1. The monoisotopic (exact) mass is 150 g/mol. The highest BCUT2D eigenvalue weighted by molar-refractivity contribution is 6.01. The summed E-state index contributed by atoms with van der Waals surface area (Å²) < 4.78 is 21.7. The van der Waals surface area contributed by atoms with Gasteiger partial charge in [0.05, 0.1) is 0 Å². The van der Waals surface area contributed by atoms with Gasteiger partial charge in [-0.05, 0) is 12.0 Å². The maximum absolute atomic E-state index is 11.7. The van der Waals surface area contributed by atoms with Crippen LogP contribution < -0.4 is 0 Å². The third-order valence-corrected chi connectivity index (χ3v) is 2.02. The van der Waals surface area contributed by atoms with Crippen LogP contribution in [0.25, 0.3) is 0 Å². The van der Waals surface area contributed by atoms with Crippen LogP contribution in [0.5, 0.6) is 0 Å². The minimum Gasteiger partial charge on any atom is -0.294 e. The highest BCUT2D eigenvalue weighted by Crippen LogP contribution is 2.25. The van der Waals surface area contributed by atoms with Crippen LogP contribution in [0.2, 0.25) is 0 Å². The molecule has 1 unspecified atom stereocenters. The van der Waals surface area contributed by atoms with Crippen LogP contribution in [0.4, 0.5) is 0 Å². The van der Waals surface area contributed by atoms with Gasteiger partial charge >= 0.3 is 0 Å². The molecular weight excluding hydrogens is 137 g/mol. The normalized spacial score (nSPS) is 27.1. The Morgan fingerprint density at radius 3 is 3.09 bits per heavy atom. The predicted molar refractivity (Wildman–Crippen MR) is 43.6 cm³/mol. The number of Topliss-reactive ketones (excluding diaryl/α,β-unsaturated/α-hetero) is 1. The van der Waals surface area contributed by atoms with Crippen LogP contribution in [0.15, 0.2) is 24.3 Å². The van der Waals surface area contributed by atoms with E-state index in [0.717, 1.165) is 5.56 Å². The Balaban J connectivity index is 2.40. The summed E-state index contributed by atoms with van der Waals surface area (Å²) in [6.45, 7) is -2.17. The van der Waals surface area contributed by atoms with Gasteiger partial charge in [0.2, 0.25) is 0 Å². The third-order valence-electron chi connectivity index (χ3n) is 2.02. The van der Waals surface area contributed by atoms with Crippen molar-refractivity contribution in [3.05, 3.63) is 35.4 Å². The van der Waals surface area contributed by atoms with Crippen molar-refractivity contribution in [1.29, 1.82) is 0 Å². The Morgan fingerprint density at radius 1 is 1.55 bits per heavy atom. The van der Waals surface area contributed by atoms with E-state index >= 15 is 0 Å². The first-order chi connectivity index (χ1) is 6.50. The molecule has 1 aliphatic carbocycles. The van der Waals surface area contributed by atoms with Gasteiger partial charge in [-0.1, -0.05) is 31.1 Å². The number of hydrogen-bond donors (Lipinski definition) is 0. The molecule has 0 aliphatic heterocycles. The smallest absolute Gasteiger partial charge is 0.166 e. The number of hydrogen-bond acceptors (Lipinski definition) is 1. The van der Waals surface area contributed by atoms with Gasteiger partial charge in [0, 0.05) is 15.6 Å². The van der Waals surface area contributed by atoms with Crippen molar-refractivity contribution in [2.45, 2.75) is 13.3 Å². The van der Waals surface area contributed by atoms with Crippen LogP contribution >= 0.6 is 0 Å². The van der Waals surface area contributed by atoms with Crippen LogP contribution in [-0.4, -0.2) is 5.78 Å². The summed E-state index contributed by atoms with van der Waals surface area (Å²) in [5.41, 5.74) is 1.44. The lowest BCUT2D eigenvalue weighted by Gasteiger charge is -1.93. The molecule has 1 aromatic rings. The second-order valence-electron chi connectivity index (χ2n) is 2.78. The molecule has 2 rings (SSSR count). The first kappa shape index (κ1) is 4.05. The Bertz CT molecular complexity index is 381. The molecule has 56 valence electrons. The molecule has 0 heterocycles. The van der Waals surface area contributed by atoms with Crippen molar-refractivity contribution in [2.75, 3.05) is 0 Å². The molecule has 11 heavy (non-hydrogen) atoms. The molecule has 0 amide bonds. The molecule has 1 atom stereocenters. The van der Waals surface area contributed by atoms with Crippen molar-refractivity contribution in [2.24, 2.45) is 5.92 Å². The molecule has 0 bridgehead atoms. The molecule has 0 aromatic heterocycles. The fourth-order valence-electron chi connectivity index (χ4n) is 1.44. The van der Waals surface area contributed by atoms with Gasteiger partial charge in [0.15, 0.2) is 5.78 Å². The zero-order valence-electron chi connectivity index (χ0n) is 9.00.